The van der Waals surface area contributed by atoms with Gasteiger partial charge in [-0.25, -0.2) is 0 Å². The third-order valence-corrected chi connectivity index (χ3v) is 2.74. The average molecular weight is 284 g/mol. The molecule has 0 unspecified atom stereocenters. The quantitative estimate of drug-likeness (QED) is 0.926. The molecule has 1 N–H and O–H groups in total. The molecule has 0 aliphatic heterocycles. The molecule has 2 heterocycles. The third-order valence-electron chi connectivity index (χ3n) is 2.74. The summed E-state index contributed by atoms with van der Waals surface area (Å²) in [5.74, 6) is 0.761. The molecule has 0 atom stereocenters. The van der Waals surface area contributed by atoms with Crippen molar-refractivity contribution in [3.8, 4) is 11.3 Å². The maximum atomic E-state index is 12.9. The van der Waals surface area contributed by atoms with Gasteiger partial charge in [0, 0.05) is 24.0 Å². The average Bonchev–Trinajstić information content (AvgIpc) is 2.84. The number of nitrogens with zero attached hydrogens (tertiary/aromatic N) is 1. The summed E-state index contributed by atoms with van der Waals surface area (Å²) >= 11 is 0. The zero-order valence-corrected chi connectivity index (χ0v) is 11.2. The van der Waals surface area contributed by atoms with Gasteiger partial charge >= 0.3 is 6.18 Å². The van der Waals surface area contributed by atoms with Crippen molar-refractivity contribution in [1.29, 1.82) is 0 Å². The topological polar surface area (TPSA) is 38.1 Å². The maximum absolute atomic E-state index is 12.9. The summed E-state index contributed by atoms with van der Waals surface area (Å²) in [5.41, 5.74) is -0.791. The molecule has 0 saturated carbocycles. The van der Waals surface area contributed by atoms with E-state index in [4.69, 9.17) is 4.42 Å². The van der Waals surface area contributed by atoms with E-state index in [0.29, 0.717) is 12.3 Å². The molecular weight excluding hydrogens is 269 g/mol. The second-order valence-electron chi connectivity index (χ2n) is 4.72. The first-order chi connectivity index (χ1) is 9.38. The molecule has 0 aliphatic rings. The summed E-state index contributed by atoms with van der Waals surface area (Å²) < 4.78 is 44.2. The van der Waals surface area contributed by atoms with Crippen molar-refractivity contribution in [1.82, 2.24) is 10.3 Å². The number of halogens is 3. The van der Waals surface area contributed by atoms with Crippen LogP contribution in [0.5, 0.6) is 0 Å². The van der Waals surface area contributed by atoms with Crippen LogP contribution in [0, 0.1) is 0 Å². The highest BCUT2D eigenvalue weighted by atomic mass is 19.4. The molecule has 0 bridgehead atoms. The molecule has 2 aromatic heterocycles. The number of hydrogen-bond acceptors (Lipinski definition) is 3. The van der Waals surface area contributed by atoms with Crippen LogP contribution in [0.15, 0.2) is 35.0 Å². The number of rotatable bonds is 4. The van der Waals surface area contributed by atoms with Crippen molar-refractivity contribution in [3.05, 3.63) is 41.9 Å². The molecule has 3 nitrogen and oxygen atoms in total. The third kappa shape index (κ3) is 3.39. The highest BCUT2D eigenvalue weighted by molar-refractivity contribution is 5.61. The maximum Gasteiger partial charge on any atom is 0.417 e. The SMILES string of the molecule is CC(C)NCc1ccc(-c2cnccc2C(F)(F)F)o1. The number of alkyl halides is 3. The predicted octanol–water partition coefficient (Wildman–Crippen LogP) is 3.86. The van der Waals surface area contributed by atoms with Crippen LogP contribution in [0.25, 0.3) is 11.3 Å². The molecule has 0 radical (unpaired) electrons. The second kappa shape index (κ2) is 5.66. The van der Waals surface area contributed by atoms with Gasteiger partial charge < -0.3 is 9.73 Å². The number of nitrogens with one attached hydrogen (secondary N) is 1. The molecule has 0 amide bonds. The van der Waals surface area contributed by atoms with E-state index in [1.54, 1.807) is 6.07 Å². The Hall–Kier alpha value is -1.82. The fraction of sp³-hybridized carbons (Fsp3) is 0.357. The van der Waals surface area contributed by atoms with Crippen LogP contribution in [-0.2, 0) is 12.7 Å². The Kier molecular flexibility index (Phi) is 4.13. The highest BCUT2D eigenvalue weighted by Crippen LogP contribution is 2.36. The number of hydrogen-bond donors (Lipinski definition) is 1. The molecule has 0 fully saturated rings. The molecule has 20 heavy (non-hydrogen) atoms. The summed E-state index contributed by atoms with van der Waals surface area (Å²) in [6, 6.07) is 4.42. The Labute approximate surface area is 114 Å². The van der Waals surface area contributed by atoms with Crippen LogP contribution in [-0.4, -0.2) is 11.0 Å². The molecule has 6 heteroatoms. The fourth-order valence-electron chi connectivity index (χ4n) is 1.76. The molecule has 0 aromatic carbocycles. The van der Waals surface area contributed by atoms with Crippen LogP contribution >= 0.6 is 0 Å². The standard InChI is InChI=1S/C14H15F3N2O/c1-9(2)19-7-10-3-4-13(20-10)11-8-18-6-5-12(11)14(15,16)17/h3-6,8-9,19H,7H2,1-2H3. The van der Waals surface area contributed by atoms with Crippen molar-refractivity contribution in [2.45, 2.75) is 32.6 Å². The van der Waals surface area contributed by atoms with E-state index in [1.807, 2.05) is 13.8 Å². The smallest absolute Gasteiger partial charge is 0.417 e. The lowest BCUT2D eigenvalue weighted by atomic mass is 10.1. The Morgan fingerprint density at radius 2 is 2.00 bits per heavy atom. The zero-order chi connectivity index (χ0) is 14.8. The van der Waals surface area contributed by atoms with Gasteiger partial charge in [-0.2, -0.15) is 13.2 Å². The Balaban J connectivity index is 2.29. The molecule has 0 aliphatic carbocycles. The number of pyridine rings is 1. The van der Waals surface area contributed by atoms with Gasteiger partial charge in [0.15, 0.2) is 0 Å². The van der Waals surface area contributed by atoms with Crippen LogP contribution in [0.1, 0.15) is 25.2 Å². The zero-order valence-electron chi connectivity index (χ0n) is 11.2. The van der Waals surface area contributed by atoms with Gasteiger partial charge in [0.1, 0.15) is 11.5 Å². The van der Waals surface area contributed by atoms with Gasteiger partial charge in [0.2, 0.25) is 0 Å². The first-order valence-corrected chi connectivity index (χ1v) is 6.21. The van der Waals surface area contributed by atoms with E-state index in [0.717, 1.165) is 12.3 Å². The van der Waals surface area contributed by atoms with Crippen LogP contribution in [0.2, 0.25) is 0 Å². The molecule has 2 rings (SSSR count). The molecule has 108 valence electrons. The van der Waals surface area contributed by atoms with Gasteiger partial charge in [-0.15, -0.1) is 0 Å². The first kappa shape index (κ1) is 14.6. The van der Waals surface area contributed by atoms with Gasteiger partial charge in [-0.05, 0) is 18.2 Å². The van der Waals surface area contributed by atoms with Crippen molar-refractivity contribution in [2.75, 3.05) is 0 Å². The lowest BCUT2D eigenvalue weighted by Gasteiger charge is -2.10. The highest BCUT2D eigenvalue weighted by Gasteiger charge is 2.34. The predicted molar refractivity (Wildman–Crippen MR) is 68.9 cm³/mol. The fourth-order valence-corrected chi connectivity index (χ4v) is 1.76. The number of furan rings is 1. The summed E-state index contributed by atoms with van der Waals surface area (Å²) in [6.45, 7) is 4.43. The second-order valence-corrected chi connectivity index (χ2v) is 4.72. The van der Waals surface area contributed by atoms with Gasteiger partial charge in [-0.3, -0.25) is 4.98 Å². The summed E-state index contributed by atoms with van der Waals surface area (Å²) in [6.07, 6.45) is -2.14. The van der Waals surface area contributed by atoms with Crippen molar-refractivity contribution in [2.24, 2.45) is 0 Å². The van der Waals surface area contributed by atoms with Gasteiger partial charge in [0.05, 0.1) is 12.1 Å². The van der Waals surface area contributed by atoms with Crippen molar-refractivity contribution >= 4 is 0 Å². The Bertz CT molecular complexity index is 576. The summed E-state index contributed by atoms with van der Waals surface area (Å²) in [4.78, 5) is 3.74. The van der Waals surface area contributed by atoms with Crippen molar-refractivity contribution < 1.29 is 17.6 Å². The summed E-state index contributed by atoms with van der Waals surface area (Å²) in [7, 11) is 0. The first-order valence-electron chi connectivity index (χ1n) is 6.21. The van der Waals surface area contributed by atoms with E-state index in [1.165, 1.54) is 12.3 Å². The Morgan fingerprint density at radius 1 is 1.25 bits per heavy atom. The van der Waals surface area contributed by atoms with E-state index in [9.17, 15) is 13.2 Å². The van der Waals surface area contributed by atoms with Crippen LogP contribution < -0.4 is 5.32 Å². The van der Waals surface area contributed by atoms with E-state index < -0.39 is 11.7 Å². The molecular formula is C14H15F3N2O. The largest absolute Gasteiger partial charge is 0.460 e. The Morgan fingerprint density at radius 3 is 2.65 bits per heavy atom. The van der Waals surface area contributed by atoms with E-state index in [2.05, 4.69) is 10.3 Å². The van der Waals surface area contributed by atoms with E-state index in [-0.39, 0.29) is 17.4 Å². The minimum absolute atomic E-state index is 0.0456. The molecule has 0 saturated heterocycles. The normalized spacial score (nSPS) is 12.1. The minimum Gasteiger partial charge on any atom is -0.460 e. The van der Waals surface area contributed by atoms with Gasteiger partial charge in [0.25, 0.3) is 0 Å². The number of aromatic nitrogens is 1. The summed E-state index contributed by atoms with van der Waals surface area (Å²) in [5, 5.41) is 3.14. The van der Waals surface area contributed by atoms with E-state index >= 15 is 0 Å². The van der Waals surface area contributed by atoms with Crippen LogP contribution in [0.4, 0.5) is 13.2 Å². The molecule has 0 spiro atoms. The lowest BCUT2D eigenvalue weighted by molar-refractivity contribution is -0.137. The minimum atomic E-state index is -4.43. The van der Waals surface area contributed by atoms with Crippen LogP contribution in [0.3, 0.4) is 0 Å². The van der Waals surface area contributed by atoms with Gasteiger partial charge in [-0.1, -0.05) is 13.8 Å². The monoisotopic (exact) mass is 284 g/mol. The van der Waals surface area contributed by atoms with Crippen molar-refractivity contribution in [3.63, 3.8) is 0 Å². The molecule has 2 aromatic rings. The lowest BCUT2D eigenvalue weighted by Crippen LogP contribution is -2.21.